The Labute approximate surface area is 168 Å². The third-order valence-electron chi connectivity index (χ3n) is 5.52. The van der Waals surface area contributed by atoms with Crippen LogP contribution in [-0.4, -0.2) is 53.0 Å². The number of ether oxygens (including phenoxy) is 1. The van der Waals surface area contributed by atoms with E-state index in [1.165, 1.54) is 12.1 Å². The molecule has 0 amide bonds. The maximum absolute atomic E-state index is 13.3. The smallest absolute Gasteiger partial charge is 0.270 e. The van der Waals surface area contributed by atoms with Gasteiger partial charge >= 0.3 is 0 Å². The highest BCUT2D eigenvalue weighted by atomic mass is 16.6. The summed E-state index contributed by atoms with van der Waals surface area (Å²) in [4.78, 5) is 26.3. The lowest BCUT2D eigenvalue weighted by Crippen LogP contribution is -2.38. The molecule has 0 unspecified atom stereocenters. The van der Waals surface area contributed by atoms with E-state index in [2.05, 4.69) is 9.47 Å². The van der Waals surface area contributed by atoms with Crippen molar-refractivity contribution in [2.24, 2.45) is 0 Å². The SMILES string of the molecule is Cc1c(C(=O)c2cccc([N+](=O)[O-])c2)c2ccccc2n1CCN1CCOCC1. The number of morpholine rings is 1. The monoisotopic (exact) mass is 393 g/mol. The van der Waals surface area contributed by atoms with Crippen molar-refractivity contribution < 1.29 is 14.5 Å². The van der Waals surface area contributed by atoms with E-state index >= 15 is 0 Å². The fourth-order valence-electron chi connectivity index (χ4n) is 3.98. The van der Waals surface area contributed by atoms with E-state index in [0.717, 1.165) is 56.0 Å². The van der Waals surface area contributed by atoms with Crippen LogP contribution >= 0.6 is 0 Å². The van der Waals surface area contributed by atoms with Gasteiger partial charge in [0.25, 0.3) is 5.69 Å². The Morgan fingerprint density at radius 2 is 1.86 bits per heavy atom. The van der Waals surface area contributed by atoms with Crippen molar-refractivity contribution in [2.75, 3.05) is 32.8 Å². The number of aromatic nitrogens is 1. The highest BCUT2D eigenvalue weighted by Crippen LogP contribution is 2.29. The zero-order valence-corrected chi connectivity index (χ0v) is 16.3. The van der Waals surface area contributed by atoms with Crippen molar-refractivity contribution in [3.63, 3.8) is 0 Å². The summed E-state index contributed by atoms with van der Waals surface area (Å²) >= 11 is 0. The number of hydrogen-bond acceptors (Lipinski definition) is 5. The Hall–Kier alpha value is -3.03. The largest absolute Gasteiger partial charge is 0.379 e. The van der Waals surface area contributed by atoms with Crippen LogP contribution in [0.1, 0.15) is 21.6 Å². The average Bonchev–Trinajstić information content (AvgIpc) is 3.03. The Morgan fingerprint density at radius 1 is 1.10 bits per heavy atom. The molecule has 0 N–H and O–H groups in total. The molecule has 2 heterocycles. The summed E-state index contributed by atoms with van der Waals surface area (Å²) in [5.41, 5.74) is 2.76. The van der Waals surface area contributed by atoms with Crippen LogP contribution in [0.3, 0.4) is 0 Å². The molecule has 1 aliphatic rings. The summed E-state index contributed by atoms with van der Waals surface area (Å²) in [6.45, 7) is 6.94. The number of carbonyl (C=O) groups excluding carboxylic acids is 1. The van der Waals surface area contributed by atoms with Crippen LogP contribution in [0.4, 0.5) is 5.69 Å². The Morgan fingerprint density at radius 3 is 2.62 bits per heavy atom. The molecule has 0 spiro atoms. The third kappa shape index (κ3) is 3.79. The summed E-state index contributed by atoms with van der Waals surface area (Å²) in [6.07, 6.45) is 0. The van der Waals surface area contributed by atoms with E-state index in [1.54, 1.807) is 12.1 Å². The number of ketones is 1. The highest BCUT2D eigenvalue weighted by molar-refractivity contribution is 6.17. The first-order valence-electron chi connectivity index (χ1n) is 9.73. The van der Waals surface area contributed by atoms with Crippen LogP contribution in [0.5, 0.6) is 0 Å². The molecule has 1 saturated heterocycles. The number of benzene rings is 2. The van der Waals surface area contributed by atoms with Gasteiger partial charge in [0.1, 0.15) is 0 Å². The van der Waals surface area contributed by atoms with E-state index in [9.17, 15) is 14.9 Å². The molecule has 1 aromatic heterocycles. The maximum atomic E-state index is 13.3. The third-order valence-corrected chi connectivity index (χ3v) is 5.52. The van der Waals surface area contributed by atoms with Gasteiger partial charge in [-0.3, -0.25) is 19.8 Å². The molecular formula is C22H23N3O4. The lowest BCUT2D eigenvalue weighted by molar-refractivity contribution is -0.384. The average molecular weight is 393 g/mol. The summed E-state index contributed by atoms with van der Waals surface area (Å²) < 4.78 is 7.59. The highest BCUT2D eigenvalue weighted by Gasteiger charge is 2.22. The number of hydrogen-bond donors (Lipinski definition) is 0. The number of non-ortho nitro benzene ring substituents is 1. The van der Waals surface area contributed by atoms with Gasteiger partial charge < -0.3 is 9.30 Å². The molecular weight excluding hydrogens is 370 g/mol. The molecule has 2 aromatic carbocycles. The summed E-state index contributed by atoms with van der Waals surface area (Å²) in [5, 5.41) is 12.0. The number of fused-ring (bicyclic) bond motifs is 1. The molecule has 0 radical (unpaired) electrons. The van der Waals surface area contributed by atoms with Crippen molar-refractivity contribution in [3.8, 4) is 0 Å². The predicted octanol–water partition coefficient (Wildman–Crippen LogP) is 3.42. The molecule has 0 atom stereocenters. The predicted molar refractivity (Wildman–Crippen MR) is 110 cm³/mol. The fraction of sp³-hybridized carbons (Fsp3) is 0.318. The molecule has 3 aromatic rings. The molecule has 0 bridgehead atoms. The summed E-state index contributed by atoms with van der Waals surface area (Å²) in [6, 6.07) is 13.8. The second-order valence-electron chi connectivity index (χ2n) is 7.22. The van der Waals surface area contributed by atoms with Gasteiger partial charge in [-0.25, -0.2) is 0 Å². The Balaban J connectivity index is 1.71. The van der Waals surface area contributed by atoms with Crippen LogP contribution in [0.2, 0.25) is 0 Å². The standard InChI is InChI=1S/C22H23N3O4/c1-16-21(22(26)17-5-4-6-18(15-17)25(27)28)19-7-2-3-8-20(19)24(16)10-9-23-11-13-29-14-12-23/h2-8,15H,9-14H2,1H3. The summed E-state index contributed by atoms with van der Waals surface area (Å²) in [5.74, 6) is -0.187. The number of nitro groups is 1. The van der Waals surface area contributed by atoms with Gasteiger partial charge in [0, 0.05) is 60.5 Å². The number of rotatable bonds is 6. The van der Waals surface area contributed by atoms with Crippen LogP contribution < -0.4 is 0 Å². The molecule has 150 valence electrons. The Bertz CT molecular complexity index is 1070. The second-order valence-corrected chi connectivity index (χ2v) is 7.22. The first-order valence-corrected chi connectivity index (χ1v) is 9.73. The van der Waals surface area contributed by atoms with Gasteiger partial charge in [-0.2, -0.15) is 0 Å². The Kier molecular flexibility index (Phi) is 5.42. The first-order chi connectivity index (χ1) is 14.1. The van der Waals surface area contributed by atoms with E-state index in [-0.39, 0.29) is 11.5 Å². The molecule has 29 heavy (non-hydrogen) atoms. The van der Waals surface area contributed by atoms with E-state index in [0.29, 0.717) is 11.1 Å². The van der Waals surface area contributed by atoms with E-state index in [4.69, 9.17) is 4.74 Å². The van der Waals surface area contributed by atoms with E-state index in [1.807, 2.05) is 31.2 Å². The van der Waals surface area contributed by atoms with Gasteiger partial charge in [0.05, 0.1) is 23.7 Å². The lowest BCUT2D eigenvalue weighted by Gasteiger charge is -2.27. The number of nitrogens with zero attached hydrogens (tertiary/aromatic N) is 3. The zero-order valence-electron chi connectivity index (χ0n) is 16.3. The minimum Gasteiger partial charge on any atom is -0.379 e. The molecule has 4 rings (SSSR count). The zero-order chi connectivity index (χ0) is 20.4. The van der Waals surface area contributed by atoms with Gasteiger partial charge in [0.15, 0.2) is 5.78 Å². The van der Waals surface area contributed by atoms with Crippen molar-refractivity contribution in [3.05, 3.63) is 75.5 Å². The van der Waals surface area contributed by atoms with Crippen molar-refractivity contribution in [2.45, 2.75) is 13.5 Å². The fourth-order valence-corrected chi connectivity index (χ4v) is 3.98. The van der Waals surface area contributed by atoms with Gasteiger partial charge in [-0.15, -0.1) is 0 Å². The molecule has 0 saturated carbocycles. The second kappa shape index (κ2) is 8.14. The molecule has 1 aliphatic heterocycles. The quantitative estimate of drug-likeness (QED) is 0.364. The topological polar surface area (TPSA) is 77.6 Å². The normalized spacial score (nSPS) is 14.9. The van der Waals surface area contributed by atoms with Crippen molar-refractivity contribution in [1.29, 1.82) is 0 Å². The number of carbonyl (C=O) groups is 1. The molecule has 1 fully saturated rings. The summed E-state index contributed by atoms with van der Waals surface area (Å²) in [7, 11) is 0. The maximum Gasteiger partial charge on any atom is 0.270 e. The van der Waals surface area contributed by atoms with Gasteiger partial charge in [-0.1, -0.05) is 30.3 Å². The van der Waals surface area contributed by atoms with Gasteiger partial charge in [0.2, 0.25) is 0 Å². The molecule has 0 aliphatic carbocycles. The number of para-hydroxylation sites is 1. The van der Waals surface area contributed by atoms with Crippen LogP contribution in [0, 0.1) is 17.0 Å². The first kappa shape index (κ1) is 19.3. The van der Waals surface area contributed by atoms with Crippen molar-refractivity contribution >= 4 is 22.4 Å². The number of nitro benzene ring substituents is 1. The van der Waals surface area contributed by atoms with Crippen LogP contribution in [0.25, 0.3) is 10.9 Å². The lowest BCUT2D eigenvalue weighted by atomic mass is 10.00. The minimum atomic E-state index is -0.477. The van der Waals surface area contributed by atoms with Crippen LogP contribution in [0.15, 0.2) is 48.5 Å². The van der Waals surface area contributed by atoms with Crippen molar-refractivity contribution in [1.82, 2.24) is 9.47 Å². The molecule has 7 nitrogen and oxygen atoms in total. The van der Waals surface area contributed by atoms with Crippen LogP contribution in [-0.2, 0) is 11.3 Å². The minimum absolute atomic E-state index is 0.0791. The van der Waals surface area contributed by atoms with E-state index < -0.39 is 4.92 Å². The van der Waals surface area contributed by atoms with Gasteiger partial charge in [-0.05, 0) is 13.0 Å². The molecule has 7 heteroatoms.